The van der Waals surface area contributed by atoms with Crippen molar-refractivity contribution in [3.63, 3.8) is 0 Å². The maximum absolute atomic E-state index is 13.4. The van der Waals surface area contributed by atoms with Crippen molar-refractivity contribution in [2.75, 3.05) is 14.1 Å². The summed E-state index contributed by atoms with van der Waals surface area (Å²) in [6.07, 6.45) is 1.01. The summed E-state index contributed by atoms with van der Waals surface area (Å²) in [7, 11) is 3.50. The Kier molecular flexibility index (Phi) is 5.27. The molecule has 1 aromatic heterocycles. The fraction of sp³-hybridized carbons (Fsp3) is 0.429. The molecule has 9 heteroatoms. The molecule has 3 heterocycles. The maximum atomic E-state index is 13.4. The highest BCUT2D eigenvalue weighted by atomic mass is 35.5. The lowest BCUT2D eigenvalue weighted by molar-refractivity contribution is -0.137. The molecular weight excluding hydrogens is 404 g/mol. The molecule has 1 fully saturated rings. The number of aryl methyl sites for hydroxylation is 2. The van der Waals surface area contributed by atoms with Gasteiger partial charge in [-0.25, -0.2) is 14.5 Å². The van der Waals surface area contributed by atoms with Crippen molar-refractivity contribution >= 4 is 29.5 Å². The Morgan fingerprint density at radius 1 is 1.07 bits per heavy atom. The Morgan fingerprint density at radius 2 is 1.80 bits per heavy atom. The summed E-state index contributed by atoms with van der Waals surface area (Å²) in [5.41, 5.74) is 2.71. The van der Waals surface area contributed by atoms with E-state index in [1.807, 2.05) is 30.1 Å². The zero-order valence-corrected chi connectivity index (χ0v) is 18.3. The molecule has 2 unspecified atom stereocenters. The first-order valence-electron chi connectivity index (χ1n) is 10.1. The van der Waals surface area contributed by atoms with Crippen molar-refractivity contribution in [1.29, 1.82) is 0 Å². The van der Waals surface area contributed by atoms with E-state index < -0.39 is 12.2 Å². The zero-order valence-electron chi connectivity index (χ0n) is 17.5. The summed E-state index contributed by atoms with van der Waals surface area (Å²) < 4.78 is 1.79. The monoisotopic (exact) mass is 428 g/mol. The van der Waals surface area contributed by atoms with E-state index in [9.17, 15) is 9.59 Å². The van der Waals surface area contributed by atoms with Crippen LogP contribution in [0.3, 0.4) is 0 Å². The van der Waals surface area contributed by atoms with Crippen LogP contribution >= 0.6 is 11.6 Å². The van der Waals surface area contributed by atoms with Gasteiger partial charge in [0.1, 0.15) is 0 Å². The molecule has 30 heavy (non-hydrogen) atoms. The molecule has 2 atom stereocenters. The van der Waals surface area contributed by atoms with Crippen LogP contribution < -0.4 is 0 Å². The molecular formula is C21H25ClN6O2. The van der Waals surface area contributed by atoms with Gasteiger partial charge in [-0.15, -0.1) is 0 Å². The van der Waals surface area contributed by atoms with Crippen molar-refractivity contribution in [2.24, 2.45) is 4.99 Å². The number of halogens is 1. The summed E-state index contributed by atoms with van der Waals surface area (Å²) in [5.74, 6) is 0.291. The lowest BCUT2D eigenvalue weighted by Gasteiger charge is -2.40. The number of carbonyl (C=O) groups excluding carboxylic acids is 2. The Morgan fingerprint density at radius 3 is 2.47 bits per heavy atom. The summed E-state index contributed by atoms with van der Waals surface area (Å²) in [6.45, 7) is 4.23. The number of urea groups is 1. The Balaban J connectivity index is 1.67. The van der Waals surface area contributed by atoms with Crippen LogP contribution in [0.5, 0.6) is 0 Å². The van der Waals surface area contributed by atoms with E-state index in [1.54, 1.807) is 17.8 Å². The predicted octanol–water partition coefficient (Wildman–Crippen LogP) is 2.60. The average molecular weight is 429 g/mol. The first-order valence-corrected chi connectivity index (χ1v) is 10.5. The van der Waals surface area contributed by atoms with Gasteiger partial charge in [0.05, 0.1) is 12.2 Å². The highest BCUT2D eigenvalue weighted by Gasteiger charge is 2.51. The quantitative estimate of drug-likeness (QED) is 0.750. The second-order valence-corrected chi connectivity index (χ2v) is 7.96. The average Bonchev–Trinajstić information content (AvgIpc) is 3.31. The minimum Gasteiger partial charge on any atom is -0.328 e. The van der Waals surface area contributed by atoms with Crippen LogP contribution in [0, 0.1) is 0 Å². The molecule has 158 valence electrons. The molecule has 2 aliphatic heterocycles. The van der Waals surface area contributed by atoms with E-state index >= 15 is 0 Å². The number of fused-ring (bicyclic) bond motifs is 1. The molecule has 0 aliphatic carbocycles. The van der Waals surface area contributed by atoms with Crippen LogP contribution in [0.1, 0.15) is 30.8 Å². The number of carbonyl (C=O) groups is 2. The van der Waals surface area contributed by atoms with Gasteiger partial charge >= 0.3 is 6.03 Å². The third kappa shape index (κ3) is 3.15. The third-order valence-electron chi connectivity index (χ3n) is 5.75. The molecule has 0 spiro atoms. The number of hydrogen-bond donors (Lipinski definition) is 0. The van der Waals surface area contributed by atoms with Crippen molar-refractivity contribution in [3.8, 4) is 0 Å². The van der Waals surface area contributed by atoms with Crippen molar-refractivity contribution < 1.29 is 9.59 Å². The van der Waals surface area contributed by atoms with Crippen LogP contribution in [0.2, 0.25) is 5.02 Å². The van der Waals surface area contributed by atoms with Crippen LogP contribution in [0.15, 0.2) is 35.3 Å². The van der Waals surface area contributed by atoms with Crippen molar-refractivity contribution in [1.82, 2.24) is 24.5 Å². The van der Waals surface area contributed by atoms with Crippen LogP contribution in [0.4, 0.5) is 4.79 Å². The number of aliphatic imine (C=N–C) groups is 1. The van der Waals surface area contributed by atoms with Gasteiger partial charge in [0.25, 0.3) is 5.91 Å². The molecule has 4 rings (SSSR count). The number of imide groups is 1. The van der Waals surface area contributed by atoms with E-state index in [2.05, 4.69) is 25.0 Å². The zero-order chi connectivity index (χ0) is 21.6. The molecule has 2 aromatic rings. The topological polar surface area (TPSA) is 74.0 Å². The Labute approximate surface area is 180 Å². The molecule has 0 radical (unpaired) electrons. The number of aromatic nitrogens is 2. The molecule has 3 amide bonds. The lowest BCUT2D eigenvalue weighted by atomic mass is 10.1. The minimum absolute atomic E-state index is 0.121. The summed E-state index contributed by atoms with van der Waals surface area (Å²) in [5, 5.41) is 5.18. The predicted molar refractivity (Wildman–Crippen MR) is 114 cm³/mol. The van der Waals surface area contributed by atoms with Crippen molar-refractivity contribution in [2.45, 2.75) is 45.4 Å². The van der Waals surface area contributed by atoms with E-state index in [4.69, 9.17) is 16.6 Å². The van der Waals surface area contributed by atoms with Gasteiger partial charge in [0.2, 0.25) is 5.96 Å². The van der Waals surface area contributed by atoms with E-state index in [0.29, 0.717) is 11.0 Å². The summed E-state index contributed by atoms with van der Waals surface area (Å²) >= 11 is 6.26. The van der Waals surface area contributed by atoms with Gasteiger partial charge in [-0.2, -0.15) is 5.10 Å². The van der Waals surface area contributed by atoms with Crippen LogP contribution in [-0.4, -0.2) is 68.7 Å². The SMILES string of the molecule is CCc1cc(CC)n(C2=NC3C(C(=O)N(Cc4ccccc4Cl)C(=O)N3C)N2C)n1. The maximum Gasteiger partial charge on any atom is 0.328 e. The van der Waals surface area contributed by atoms with Gasteiger partial charge in [-0.3, -0.25) is 9.69 Å². The highest BCUT2D eigenvalue weighted by molar-refractivity contribution is 6.31. The Hall–Kier alpha value is -2.87. The second kappa shape index (κ2) is 7.75. The molecule has 0 bridgehead atoms. The van der Waals surface area contributed by atoms with Gasteiger partial charge in [0.15, 0.2) is 12.2 Å². The molecule has 2 aliphatic rings. The lowest BCUT2D eigenvalue weighted by Crippen LogP contribution is -2.64. The number of rotatable bonds is 4. The minimum atomic E-state index is -0.607. The molecule has 0 N–H and O–H groups in total. The largest absolute Gasteiger partial charge is 0.328 e. The van der Waals surface area contributed by atoms with E-state index in [1.165, 1.54) is 9.80 Å². The number of benzene rings is 1. The molecule has 0 saturated carbocycles. The van der Waals surface area contributed by atoms with Crippen LogP contribution in [0.25, 0.3) is 0 Å². The first-order chi connectivity index (χ1) is 14.4. The Bertz CT molecular complexity index is 1030. The first kappa shape index (κ1) is 20.4. The van der Waals surface area contributed by atoms with E-state index in [-0.39, 0.29) is 18.5 Å². The van der Waals surface area contributed by atoms with Gasteiger partial charge in [-0.1, -0.05) is 43.6 Å². The highest BCUT2D eigenvalue weighted by Crippen LogP contribution is 2.29. The molecule has 8 nitrogen and oxygen atoms in total. The number of hydrogen-bond acceptors (Lipinski definition) is 5. The van der Waals surface area contributed by atoms with Crippen LogP contribution in [-0.2, 0) is 24.2 Å². The number of amides is 3. The summed E-state index contributed by atoms with van der Waals surface area (Å²) in [4.78, 5) is 35.7. The second-order valence-electron chi connectivity index (χ2n) is 7.55. The van der Waals surface area contributed by atoms with E-state index in [0.717, 1.165) is 29.8 Å². The van der Waals surface area contributed by atoms with Gasteiger partial charge in [0, 0.05) is 24.8 Å². The third-order valence-corrected chi connectivity index (χ3v) is 6.11. The molecule has 1 aromatic carbocycles. The fourth-order valence-corrected chi connectivity index (χ4v) is 4.17. The number of likely N-dealkylation sites (N-methyl/N-ethyl adjacent to an activating group) is 2. The fourth-order valence-electron chi connectivity index (χ4n) is 3.97. The summed E-state index contributed by atoms with van der Waals surface area (Å²) in [6, 6.07) is 8.29. The van der Waals surface area contributed by atoms with Gasteiger partial charge < -0.3 is 9.80 Å². The van der Waals surface area contributed by atoms with Crippen molar-refractivity contribution in [3.05, 3.63) is 52.3 Å². The normalized spacial score (nSPS) is 21.4. The van der Waals surface area contributed by atoms with Gasteiger partial charge in [-0.05, 0) is 30.5 Å². The molecule has 1 saturated heterocycles. The smallest absolute Gasteiger partial charge is 0.328 e. The number of nitrogens with zero attached hydrogens (tertiary/aromatic N) is 6. The standard InChI is InChI=1S/C21H25ClN6O2/c1-5-14-11-15(6-2)28(24-14)20-23-18-17(25(20)3)19(29)27(21(30)26(18)4)12-13-9-7-8-10-16(13)22/h7-11,17-18H,5-6,12H2,1-4H3.